The lowest BCUT2D eigenvalue weighted by Gasteiger charge is -2.29. The van der Waals surface area contributed by atoms with Crippen LogP contribution in [0.15, 0.2) is 36.7 Å². The molecule has 0 spiro atoms. The zero-order valence-electron chi connectivity index (χ0n) is 13.7. The number of fused-ring (bicyclic) bond motifs is 1. The third kappa shape index (κ3) is 3.18. The van der Waals surface area contributed by atoms with Crippen molar-refractivity contribution in [3.8, 4) is 0 Å². The minimum absolute atomic E-state index is 0.0574. The van der Waals surface area contributed by atoms with E-state index >= 15 is 0 Å². The highest BCUT2D eigenvalue weighted by atomic mass is 16.2. The van der Waals surface area contributed by atoms with Crippen molar-refractivity contribution in [3.63, 3.8) is 0 Å². The molecule has 0 N–H and O–H groups in total. The van der Waals surface area contributed by atoms with Gasteiger partial charge in [-0.15, -0.1) is 0 Å². The molecule has 1 aromatic heterocycles. The number of hydrogen-bond acceptors (Lipinski definition) is 4. The second kappa shape index (κ2) is 6.77. The van der Waals surface area contributed by atoms with Crippen LogP contribution in [-0.2, 0) is 13.0 Å². The Morgan fingerprint density at radius 1 is 1.13 bits per heavy atom. The Hall–Kier alpha value is -2.43. The summed E-state index contributed by atoms with van der Waals surface area (Å²) >= 11 is 0. The van der Waals surface area contributed by atoms with Crippen LogP contribution in [0.2, 0.25) is 0 Å². The first-order valence-corrected chi connectivity index (χ1v) is 8.16. The van der Waals surface area contributed by atoms with Crippen LogP contribution in [-0.4, -0.2) is 40.4 Å². The van der Waals surface area contributed by atoms with Crippen LogP contribution in [0.25, 0.3) is 0 Å². The summed E-state index contributed by atoms with van der Waals surface area (Å²) in [4.78, 5) is 25.0. The first-order chi connectivity index (χ1) is 11.2. The maximum absolute atomic E-state index is 12.3. The van der Waals surface area contributed by atoms with Crippen molar-refractivity contribution in [2.24, 2.45) is 0 Å². The fraction of sp³-hybridized carbons (Fsp3) is 0.389. The van der Waals surface area contributed by atoms with E-state index in [1.165, 1.54) is 11.1 Å². The summed E-state index contributed by atoms with van der Waals surface area (Å²) in [6, 6.07) is 8.50. The third-order valence-electron chi connectivity index (χ3n) is 4.36. The SMILES string of the molecule is CCN(CC)C(=O)c1cnc(N2CCc3ccccc3C2)cn1. The number of carbonyl (C=O) groups is 1. The van der Waals surface area contributed by atoms with Gasteiger partial charge in [0.1, 0.15) is 11.5 Å². The molecular formula is C18H22N4O. The number of nitrogens with zero attached hydrogens (tertiary/aromatic N) is 4. The van der Waals surface area contributed by atoms with Gasteiger partial charge in [0.05, 0.1) is 12.4 Å². The van der Waals surface area contributed by atoms with Gasteiger partial charge in [0.2, 0.25) is 0 Å². The van der Waals surface area contributed by atoms with Crippen molar-refractivity contribution in [1.82, 2.24) is 14.9 Å². The van der Waals surface area contributed by atoms with Crippen LogP contribution in [0.4, 0.5) is 5.82 Å². The predicted octanol–water partition coefficient (Wildman–Crippen LogP) is 2.52. The van der Waals surface area contributed by atoms with E-state index in [0.717, 1.165) is 25.3 Å². The molecule has 2 aromatic rings. The van der Waals surface area contributed by atoms with E-state index in [-0.39, 0.29) is 5.91 Å². The van der Waals surface area contributed by atoms with Gasteiger partial charge in [-0.2, -0.15) is 0 Å². The van der Waals surface area contributed by atoms with Crippen molar-refractivity contribution < 1.29 is 4.79 Å². The standard InChI is InChI=1S/C18H22N4O/c1-3-21(4-2)18(23)16-11-20-17(12-19-16)22-10-9-14-7-5-6-8-15(14)13-22/h5-8,11-12H,3-4,9-10,13H2,1-2H3. The minimum atomic E-state index is -0.0574. The van der Waals surface area contributed by atoms with Crippen molar-refractivity contribution in [2.75, 3.05) is 24.5 Å². The number of rotatable bonds is 4. The van der Waals surface area contributed by atoms with E-state index in [1.54, 1.807) is 17.3 Å². The molecule has 0 saturated heterocycles. The van der Waals surface area contributed by atoms with Crippen LogP contribution in [0, 0.1) is 0 Å². The van der Waals surface area contributed by atoms with Crippen LogP contribution in [0.5, 0.6) is 0 Å². The summed E-state index contributed by atoms with van der Waals surface area (Å²) in [6.07, 6.45) is 4.32. The van der Waals surface area contributed by atoms with E-state index in [0.29, 0.717) is 18.8 Å². The Morgan fingerprint density at radius 3 is 2.52 bits per heavy atom. The number of aromatic nitrogens is 2. The van der Waals surface area contributed by atoms with E-state index in [4.69, 9.17) is 0 Å². The lowest BCUT2D eigenvalue weighted by molar-refractivity contribution is 0.0766. The van der Waals surface area contributed by atoms with Gasteiger partial charge in [-0.05, 0) is 31.4 Å². The summed E-state index contributed by atoms with van der Waals surface area (Å²) in [7, 11) is 0. The van der Waals surface area contributed by atoms with Crippen molar-refractivity contribution >= 4 is 11.7 Å². The van der Waals surface area contributed by atoms with Crippen LogP contribution in [0.1, 0.15) is 35.5 Å². The zero-order chi connectivity index (χ0) is 16.2. The number of amides is 1. The number of anilines is 1. The van der Waals surface area contributed by atoms with Gasteiger partial charge < -0.3 is 9.80 Å². The second-order valence-electron chi connectivity index (χ2n) is 5.68. The molecule has 0 radical (unpaired) electrons. The molecular weight excluding hydrogens is 288 g/mol. The van der Waals surface area contributed by atoms with Gasteiger partial charge in [-0.3, -0.25) is 4.79 Å². The molecule has 0 bridgehead atoms. The second-order valence-corrected chi connectivity index (χ2v) is 5.68. The quantitative estimate of drug-likeness (QED) is 0.871. The smallest absolute Gasteiger partial charge is 0.274 e. The lowest BCUT2D eigenvalue weighted by atomic mass is 10.0. The van der Waals surface area contributed by atoms with E-state index in [1.807, 2.05) is 13.8 Å². The molecule has 5 heteroatoms. The number of benzene rings is 1. The maximum Gasteiger partial charge on any atom is 0.274 e. The molecule has 120 valence electrons. The van der Waals surface area contributed by atoms with Gasteiger partial charge in [0.25, 0.3) is 5.91 Å². The van der Waals surface area contributed by atoms with Crippen LogP contribution >= 0.6 is 0 Å². The molecule has 1 aliphatic rings. The van der Waals surface area contributed by atoms with Gasteiger partial charge in [-0.1, -0.05) is 24.3 Å². The van der Waals surface area contributed by atoms with Crippen LogP contribution < -0.4 is 4.90 Å². The van der Waals surface area contributed by atoms with Crippen molar-refractivity contribution in [1.29, 1.82) is 0 Å². The summed E-state index contributed by atoms with van der Waals surface area (Å²) in [5.41, 5.74) is 3.16. The van der Waals surface area contributed by atoms with Crippen molar-refractivity contribution in [2.45, 2.75) is 26.8 Å². The van der Waals surface area contributed by atoms with Gasteiger partial charge >= 0.3 is 0 Å². The average Bonchev–Trinajstić information content (AvgIpc) is 2.62. The molecule has 0 saturated carbocycles. The lowest BCUT2D eigenvalue weighted by Crippen LogP contribution is -2.32. The number of carbonyl (C=O) groups excluding carboxylic acids is 1. The van der Waals surface area contributed by atoms with Gasteiger partial charge in [0.15, 0.2) is 0 Å². The Bertz CT molecular complexity index is 680. The highest BCUT2D eigenvalue weighted by molar-refractivity contribution is 5.92. The molecule has 0 aliphatic carbocycles. The van der Waals surface area contributed by atoms with Crippen molar-refractivity contribution in [3.05, 3.63) is 53.5 Å². The monoisotopic (exact) mass is 310 g/mol. The fourth-order valence-corrected chi connectivity index (χ4v) is 2.96. The normalized spacial score (nSPS) is 13.6. The summed E-state index contributed by atoms with van der Waals surface area (Å²) in [6.45, 7) is 7.06. The molecule has 1 aromatic carbocycles. The zero-order valence-corrected chi connectivity index (χ0v) is 13.7. The number of hydrogen-bond donors (Lipinski definition) is 0. The van der Waals surface area contributed by atoms with E-state index in [9.17, 15) is 4.79 Å². The highest BCUT2D eigenvalue weighted by Crippen LogP contribution is 2.22. The largest absolute Gasteiger partial charge is 0.351 e. The van der Waals surface area contributed by atoms with E-state index in [2.05, 4.69) is 39.1 Å². The predicted molar refractivity (Wildman–Crippen MR) is 90.5 cm³/mol. The Balaban J connectivity index is 1.75. The van der Waals surface area contributed by atoms with Gasteiger partial charge in [0, 0.05) is 26.2 Å². The van der Waals surface area contributed by atoms with Crippen LogP contribution in [0.3, 0.4) is 0 Å². The highest BCUT2D eigenvalue weighted by Gasteiger charge is 2.19. The fourth-order valence-electron chi connectivity index (χ4n) is 2.96. The molecule has 0 unspecified atom stereocenters. The summed E-state index contributed by atoms with van der Waals surface area (Å²) < 4.78 is 0. The molecule has 2 heterocycles. The molecule has 0 fully saturated rings. The average molecular weight is 310 g/mol. The molecule has 5 nitrogen and oxygen atoms in total. The maximum atomic E-state index is 12.3. The molecule has 3 rings (SSSR count). The van der Waals surface area contributed by atoms with E-state index < -0.39 is 0 Å². The Labute approximate surface area is 137 Å². The molecule has 23 heavy (non-hydrogen) atoms. The summed E-state index contributed by atoms with van der Waals surface area (Å²) in [5, 5.41) is 0. The third-order valence-corrected chi connectivity index (χ3v) is 4.36. The first kappa shape index (κ1) is 15.5. The van der Waals surface area contributed by atoms with Gasteiger partial charge in [-0.25, -0.2) is 9.97 Å². The Kier molecular flexibility index (Phi) is 4.55. The summed E-state index contributed by atoms with van der Waals surface area (Å²) in [5.74, 6) is 0.772. The molecule has 1 aliphatic heterocycles. The minimum Gasteiger partial charge on any atom is -0.351 e. The first-order valence-electron chi connectivity index (χ1n) is 8.16. The Morgan fingerprint density at radius 2 is 1.87 bits per heavy atom. The topological polar surface area (TPSA) is 49.3 Å². The molecule has 1 amide bonds. The molecule has 0 atom stereocenters.